The van der Waals surface area contributed by atoms with Gasteiger partial charge in [0.2, 0.25) is 0 Å². The Morgan fingerprint density at radius 1 is 0.269 bits per heavy atom. The predicted molar refractivity (Wildman–Crippen MR) is 339 cm³/mol. The lowest BCUT2D eigenvalue weighted by Crippen LogP contribution is -2.30. The van der Waals surface area contributed by atoms with Crippen molar-refractivity contribution in [3.05, 3.63) is 146 Å². The maximum atomic E-state index is 12.9. The summed E-state index contributed by atoms with van der Waals surface area (Å²) in [5.41, 5.74) is 0. The summed E-state index contributed by atoms with van der Waals surface area (Å²) in [4.78, 5) is 38.2. The molecule has 0 N–H and O–H groups in total. The fraction of sp³-hybridized carbons (Fsp3) is 0.625. The van der Waals surface area contributed by atoms with Crippen LogP contribution in [0.1, 0.15) is 271 Å². The molecule has 0 radical (unpaired) electrons. The molecule has 0 aliphatic heterocycles. The normalized spacial score (nSPS) is 13.1. The molecule has 0 heterocycles. The van der Waals surface area contributed by atoms with Gasteiger partial charge in [0.15, 0.2) is 6.10 Å². The van der Waals surface area contributed by atoms with Crippen LogP contribution in [0.15, 0.2) is 146 Å². The van der Waals surface area contributed by atoms with E-state index in [0.717, 1.165) is 141 Å². The minimum absolute atomic E-state index is 0.103. The molecule has 0 aromatic carbocycles. The Balaban J connectivity index is 4.38. The van der Waals surface area contributed by atoms with Crippen molar-refractivity contribution in [3.8, 4) is 0 Å². The molecule has 0 saturated heterocycles. The minimum Gasteiger partial charge on any atom is -0.462 e. The average molecular weight is 1080 g/mol. The molecule has 6 nitrogen and oxygen atoms in total. The highest BCUT2D eigenvalue weighted by Crippen LogP contribution is 2.14. The number of esters is 3. The van der Waals surface area contributed by atoms with Gasteiger partial charge in [-0.25, -0.2) is 0 Å². The third-order valence-corrected chi connectivity index (χ3v) is 13.0. The number of hydrogen-bond acceptors (Lipinski definition) is 6. The monoisotopic (exact) mass is 1080 g/mol. The Morgan fingerprint density at radius 2 is 0.500 bits per heavy atom. The van der Waals surface area contributed by atoms with Gasteiger partial charge in [0.05, 0.1) is 0 Å². The zero-order valence-electron chi connectivity index (χ0n) is 50.4. The summed E-state index contributed by atoms with van der Waals surface area (Å²) in [7, 11) is 0. The maximum Gasteiger partial charge on any atom is 0.306 e. The molecule has 78 heavy (non-hydrogen) atoms. The van der Waals surface area contributed by atoms with Gasteiger partial charge in [-0.2, -0.15) is 0 Å². The molecule has 0 aliphatic rings. The van der Waals surface area contributed by atoms with Crippen LogP contribution in [-0.4, -0.2) is 37.2 Å². The highest BCUT2D eigenvalue weighted by molar-refractivity contribution is 5.71. The van der Waals surface area contributed by atoms with Crippen molar-refractivity contribution in [2.24, 2.45) is 0 Å². The topological polar surface area (TPSA) is 78.9 Å². The van der Waals surface area contributed by atoms with E-state index in [1.807, 2.05) is 0 Å². The Kier molecular flexibility index (Phi) is 60.9. The molecule has 440 valence electrons. The molecular weight excluding hydrogens is 961 g/mol. The van der Waals surface area contributed by atoms with Crippen LogP contribution in [-0.2, 0) is 28.6 Å². The number of unbranched alkanes of at least 4 members (excludes halogenated alkanes) is 21. The first-order chi connectivity index (χ1) is 38.5. The largest absolute Gasteiger partial charge is 0.462 e. The molecule has 0 amide bonds. The van der Waals surface area contributed by atoms with Crippen molar-refractivity contribution in [2.45, 2.75) is 277 Å². The number of ether oxygens (including phenoxy) is 3. The van der Waals surface area contributed by atoms with Crippen LogP contribution in [0, 0.1) is 0 Å². The molecule has 0 aliphatic carbocycles. The molecule has 0 fully saturated rings. The van der Waals surface area contributed by atoms with Gasteiger partial charge in [0, 0.05) is 19.3 Å². The van der Waals surface area contributed by atoms with Gasteiger partial charge in [0.1, 0.15) is 13.2 Å². The molecule has 0 rings (SSSR count). The van der Waals surface area contributed by atoms with Gasteiger partial charge < -0.3 is 14.2 Å². The van der Waals surface area contributed by atoms with Crippen LogP contribution in [0.25, 0.3) is 0 Å². The molecule has 0 aromatic rings. The molecule has 0 bridgehead atoms. The van der Waals surface area contributed by atoms with Crippen LogP contribution in [0.2, 0.25) is 0 Å². The van der Waals surface area contributed by atoms with E-state index < -0.39 is 6.10 Å². The highest BCUT2D eigenvalue weighted by atomic mass is 16.6. The van der Waals surface area contributed by atoms with Gasteiger partial charge in [-0.3, -0.25) is 14.4 Å². The summed E-state index contributed by atoms with van der Waals surface area (Å²) in [5, 5.41) is 0. The zero-order chi connectivity index (χ0) is 56.4. The molecular formula is C72H116O6. The van der Waals surface area contributed by atoms with Crippen molar-refractivity contribution >= 4 is 17.9 Å². The summed E-state index contributed by atoms with van der Waals surface area (Å²) >= 11 is 0. The Morgan fingerprint density at radius 3 is 0.833 bits per heavy atom. The number of carbonyl (C=O) groups excluding carboxylic acids is 3. The van der Waals surface area contributed by atoms with E-state index in [1.54, 1.807) is 0 Å². The van der Waals surface area contributed by atoms with E-state index in [-0.39, 0.29) is 31.1 Å². The summed E-state index contributed by atoms with van der Waals surface area (Å²) in [5.74, 6) is -0.968. The standard InChI is InChI=1S/C72H116O6/c1-4-7-10-13-16-19-22-25-27-28-29-30-31-32-33-34-35-36-37-38-39-40-41-42-43-44-45-48-50-53-56-59-62-65-71(74)77-68-69(67-76-70(73)64-61-58-55-52-49-46-24-21-18-15-12-9-6-3)78-72(75)66-63-60-57-54-51-47-26-23-20-17-14-11-8-5-2/h7,10,16,19,21,23-27,29-30,32-33,35-36,38-39,41-42,44-45,50,53,69H,4-6,8-9,11-15,17-18,20,22,28,31,34,37,40,43,46-49,51-52,54-68H2,1-3H3/b10-7-,19-16-,24-21-,26-23-,27-25-,30-29-,33-32-,36-35-,39-38-,42-41-,45-44-,53-50-. The van der Waals surface area contributed by atoms with E-state index >= 15 is 0 Å². The quantitative estimate of drug-likeness (QED) is 0.0261. The van der Waals surface area contributed by atoms with Crippen LogP contribution < -0.4 is 0 Å². The molecule has 0 saturated carbocycles. The first-order valence-corrected chi connectivity index (χ1v) is 31.8. The number of carbonyl (C=O) groups is 3. The van der Waals surface area contributed by atoms with Crippen molar-refractivity contribution < 1.29 is 28.6 Å². The third-order valence-electron chi connectivity index (χ3n) is 13.0. The smallest absolute Gasteiger partial charge is 0.306 e. The minimum atomic E-state index is -0.809. The lowest BCUT2D eigenvalue weighted by Gasteiger charge is -2.18. The van der Waals surface area contributed by atoms with Crippen molar-refractivity contribution in [1.29, 1.82) is 0 Å². The summed E-state index contributed by atoms with van der Waals surface area (Å²) in [6.07, 6.45) is 92.8. The predicted octanol–water partition coefficient (Wildman–Crippen LogP) is 21.9. The number of hydrogen-bond donors (Lipinski definition) is 0. The van der Waals surface area contributed by atoms with Gasteiger partial charge in [0.25, 0.3) is 0 Å². The third kappa shape index (κ3) is 62.1. The summed E-state index contributed by atoms with van der Waals surface area (Å²) in [6.45, 7) is 6.45. The van der Waals surface area contributed by atoms with Gasteiger partial charge >= 0.3 is 17.9 Å². The highest BCUT2D eigenvalue weighted by Gasteiger charge is 2.19. The maximum absolute atomic E-state index is 12.9. The summed E-state index contributed by atoms with van der Waals surface area (Å²) < 4.78 is 16.8. The lowest BCUT2D eigenvalue weighted by atomic mass is 10.1. The van der Waals surface area contributed by atoms with Crippen LogP contribution >= 0.6 is 0 Å². The first kappa shape index (κ1) is 73.3. The fourth-order valence-corrected chi connectivity index (χ4v) is 8.28. The van der Waals surface area contributed by atoms with Crippen LogP contribution in [0.5, 0.6) is 0 Å². The second-order valence-corrected chi connectivity index (χ2v) is 20.6. The van der Waals surface area contributed by atoms with Gasteiger partial charge in [-0.15, -0.1) is 0 Å². The second-order valence-electron chi connectivity index (χ2n) is 20.6. The number of allylic oxidation sites excluding steroid dienone is 24. The lowest BCUT2D eigenvalue weighted by molar-refractivity contribution is -0.167. The second kappa shape index (κ2) is 64.8. The van der Waals surface area contributed by atoms with E-state index in [0.29, 0.717) is 25.7 Å². The fourth-order valence-electron chi connectivity index (χ4n) is 8.28. The van der Waals surface area contributed by atoms with Crippen molar-refractivity contribution in [3.63, 3.8) is 0 Å². The molecule has 1 unspecified atom stereocenters. The molecule has 0 spiro atoms. The zero-order valence-corrected chi connectivity index (χ0v) is 50.4. The van der Waals surface area contributed by atoms with Gasteiger partial charge in [-0.05, 0) is 148 Å². The van der Waals surface area contributed by atoms with Crippen molar-refractivity contribution in [2.75, 3.05) is 13.2 Å². The summed E-state index contributed by atoms with van der Waals surface area (Å²) in [6, 6.07) is 0. The van der Waals surface area contributed by atoms with E-state index in [9.17, 15) is 14.4 Å². The molecule has 0 aromatic heterocycles. The Bertz CT molecular complexity index is 1710. The molecule has 1 atom stereocenters. The first-order valence-electron chi connectivity index (χ1n) is 31.8. The van der Waals surface area contributed by atoms with Crippen LogP contribution in [0.4, 0.5) is 0 Å². The Labute approximate surface area is 480 Å². The van der Waals surface area contributed by atoms with E-state index in [1.165, 1.54) is 83.5 Å². The Hall–Kier alpha value is -4.71. The molecule has 6 heteroatoms. The van der Waals surface area contributed by atoms with Gasteiger partial charge in [-0.1, -0.05) is 250 Å². The average Bonchev–Trinajstić information content (AvgIpc) is 3.44. The number of rotatable bonds is 56. The SMILES string of the molecule is CC/C=C\C/C=C\C/C=C\C/C=C\C/C=C\C/C=C\C/C=C\C/C=C\C/C=C\C/C=C\CCCCC(=O)OCC(COC(=O)CCCCCCC/C=C\CCCCCC)OC(=O)CCCCCCC/C=C\CCCCCCC. The van der Waals surface area contributed by atoms with E-state index in [4.69, 9.17) is 14.2 Å². The van der Waals surface area contributed by atoms with E-state index in [2.05, 4.69) is 167 Å². The van der Waals surface area contributed by atoms with Crippen molar-refractivity contribution in [1.82, 2.24) is 0 Å². The van der Waals surface area contributed by atoms with Crippen LogP contribution in [0.3, 0.4) is 0 Å².